The SMILES string of the molecule is CC1/C=C/c2ccc3ccc(nc3c2)[C@@H](C)NC(=O)C2CCCN(N2)C(=O)C(C)NC(=O)C(C(C)C)OC1. The van der Waals surface area contributed by atoms with E-state index in [4.69, 9.17) is 9.72 Å². The second-order valence-electron chi connectivity index (χ2n) is 10.8. The van der Waals surface area contributed by atoms with Gasteiger partial charge in [-0.15, -0.1) is 0 Å². The van der Waals surface area contributed by atoms with E-state index in [1.807, 2.05) is 64.1 Å². The summed E-state index contributed by atoms with van der Waals surface area (Å²) in [7, 11) is 0. The molecule has 2 aromatic rings. The number of amides is 3. The Bertz CT molecular complexity index is 1210. The van der Waals surface area contributed by atoms with Crippen molar-refractivity contribution in [3.8, 4) is 0 Å². The standard InChI is InChI=1S/C29H39N5O4/c1-17(2)26-28(36)31-20(5)29(37)34-14-6-7-24(33-34)27(35)30-19(4)23-13-12-22-11-10-21(15-25(22)32-23)9-8-18(3)16-38-26/h8-13,15,17-20,24,26,33H,6-7,14,16H2,1-5H3,(H,30,35)(H,31,36)/b9-8+/t18?,19-,20?,24?,26?/m1/s1. The van der Waals surface area contributed by atoms with Crippen LogP contribution >= 0.6 is 0 Å². The van der Waals surface area contributed by atoms with E-state index in [1.54, 1.807) is 6.92 Å². The maximum absolute atomic E-state index is 13.1. The number of carbonyl (C=O) groups is 3. The molecule has 38 heavy (non-hydrogen) atoms. The minimum atomic E-state index is -0.769. The second kappa shape index (κ2) is 12.0. The first-order chi connectivity index (χ1) is 18.1. The van der Waals surface area contributed by atoms with Gasteiger partial charge in [-0.25, -0.2) is 5.43 Å². The van der Waals surface area contributed by atoms with Crippen molar-refractivity contribution in [3.05, 3.63) is 47.7 Å². The largest absolute Gasteiger partial charge is 0.368 e. The van der Waals surface area contributed by atoms with Gasteiger partial charge in [-0.1, -0.05) is 51.1 Å². The summed E-state index contributed by atoms with van der Waals surface area (Å²) in [6.45, 7) is 10.3. The molecule has 5 atom stereocenters. The van der Waals surface area contributed by atoms with E-state index in [0.29, 0.717) is 26.0 Å². The summed E-state index contributed by atoms with van der Waals surface area (Å²) >= 11 is 0. The third kappa shape index (κ3) is 6.57. The number of nitrogens with zero attached hydrogens (tertiary/aromatic N) is 2. The van der Waals surface area contributed by atoms with Crippen molar-refractivity contribution in [2.24, 2.45) is 11.8 Å². The molecule has 4 rings (SSSR count). The van der Waals surface area contributed by atoms with Crippen LogP contribution in [0.15, 0.2) is 36.4 Å². The average molecular weight is 522 g/mol. The van der Waals surface area contributed by atoms with Gasteiger partial charge < -0.3 is 15.4 Å². The van der Waals surface area contributed by atoms with E-state index in [2.05, 4.69) is 22.1 Å². The molecule has 0 saturated carbocycles. The molecule has 9 heteroatoms. The van der Waals surface area contributed by atoms with Gasteiger partial charge in [0.15, 0.2) is 0 Å². The Labute approximate surface area is 224 Å². The highest BCUT2D eigenvalue weighted by Gasteiger charge is 2.33. The molecule has 1 aromatic carbocycles. The van der Waals surface area contributed by atoms with Gasteiger partial charge in [0.05, 0.1) is 23.9 Å². The summed E-state index contributed by atoms with van der Waals surface area (Å²) in [5, 5.41) is 8.31. The number of hydrogen-bond donors (Lipinski definition) is 3. The molecule has 3 amide bonds. The molecular weight excluding hydrogens is 482 g/mol. The number of benzene rings is 1. The summed E-state index contributed by atoms with van der Waals surface area (Å²) in [6, 6.07) is 8.40. The summed E-state index contributed by atoms with van der Waals surface area (Å²) in [6.07, 6.45) is 4.67. The van der Waals surface area contributed by atoms with Crippen LogP contribution in [0.2, 0.25) is 0 Å². The van der Waals surface area contributed by atoms with Crippen LogP contribution < -0.4 is 16.1 Å². The lowest BCUT2D eigenvalue weighted by molar-refractivity contribution is -0.146. The molecule has 0 aliphatic carbocycles. The van der Waals surface area contributed by atoms with Crippen LogP contribution in [0.5, 0.6) is 0 Å². The van der Waals surface area contributed by atoms with Crippen molar-refractivity contribution in [1.29, 1.82) is 0 Å². The predicted octanol–water partition coefficient (Wildman–Crippen LogP) is 3.12. The van der Waals surface area contributed by atoms with Crippen LogP contribution in [-0.2, 0) is 19.1 Å². The lowest BCUT2D eigenvalue weighted by atomic mass is 10.0. The number of aromatic nitrogens is 1. The maximum atomic E-state index is 13.1. The Morgan fingerprint density at radius 3 is 2.50 bits per heavy atom. The van der Waals surface area contributed by atoms with Crippen LogP contribution in [0.25, 0.3) is 17.0 Å². The third-order valence-corrected chi connectivity index (χ3v) is 7.06. The number of hydrogen-bond acceptors (Lipinski definition) is 6. The van der Waals surface area contributed by atoms with E-state index in [0.717, 1.165) is 22.2 Å². The lowest BCUT2D eigenvalue weighted by Gasteiger charge is -2.35. The highest BCUT2D eigenvalue weighted by Crippen LogP contribution is 2.20. The van der Waals surface area contributed by atoms with Gasteiger partial charge in [-0.2, -0.15) is 0 Å². The topological polar surface area (TPSA) is 113 Å². The van der Waals surface area contributed by atoms with E-state index >= 15 is 0 Å². The molecule has 204 valence electrons. The van der Waals surface area contributed by atoms with Crippen LogP contribution in [0.4, 0.5) is 0 Å². The van der Waals surface area contributed by atoms with Crippen LogP contribution in [0.3, 0.4) is 0 Å². The first-order valence-corrected chi connectivity index (χ1v) is 13.5. The van der Waals surface area contributed by atoms with E-state index in [-0.39, 0.29) is 35.6 Å². The number of hydrazine groups is 1. The molecule has 3 heterocycles. The van der Waals surface area contributed by atoms with Crippen LogP contribution in [-0.4, -0.2) is 59.1 Å². The molecule has 9 nitrogen and oxygen atoms in total. The minimum Gasteiger partial charge on any atom is -0.368 e. The number of fused-ring (bicyclic) bond motifs is 4. The van der Waals surface area contributed by atoms with Gasteiger partial charge in [0, 0.05) is 11.9 Å². The van der Waals surface area contributed by atoms with Crippen LogP contribution in [0.1, 0.15) is 64.8 Å². The first-order valence-electron chi connectivity index (χ1n) is 13.5. The quantitative estimate of drug-likeness (QED) is 0.532. The van der Waals surface area contributed by atoms with Gasteiger partial charge >= 0.3 is 0 Å². The summed E-state index contributed by atoms with van der Waals surface area (Å²) < 4.78 is 6.03. The smallest absolute Gasteiger partial charge is 0.258 e. The molecule has 2 aliphatic rings. The summed E-state index contributed by atoms with van der Waals surface area (Å²) in [5.74, 6) is -0.812. The van der Waals surface area contributed by atoms with Gasteiger partial charge in [0.25, 0.3) is 5.91 Å². The minimum absolute atomic E-state index is 0.0666. The molecule has 1 fully saturated rings. The molecule has 4 unspecified atom stereocenters. The number of nitrogens with one attached hydrogen (secondary N) is 3. The maximum Gasteiger partial charge on any atom is 0.258 e. The summed E-state index contributed by atoms with van der Waals surface area (Å²) in [5.41, 5.74) is 5.68. The number of rotatable bonds is 1. The highest BCUT2D eigenvalue weighted by molar-refractivity contribution is 5.90. The molecule has 5 bridgehead atoms. The van der Waals surface area contributed by atoms with Crippen molar-refractivity contribution in [2.45, 2.75) is 71.7 Å². The van der Waals surface area contributed by atoms with Gasteiger partial charge in [0.1, 0.15) is 18.2 Å². The highest BCUT2D eigenvalue weighted by atomic mass is 16.5. The normalized spacial score (nSPS) is 28.7. The van der Waals surface area contributed by atoms with Crippen molar-refractivity contribution < 1.29 is 19.1 Å². The number of pyridine rings is 1. The fourth-order valence-electron chi connectivity index (χ4n) is 4.77. The third-order valence-electron chi connectivity index (χ3n) is 7.06. The van der Waals surface area contributed by atoms with Crippen molar-refractivity contribution in [1.82, 2.24) is 26.1 Å². The molecular formula is C29H39N5O4. The number of carbonyl (C=O) groups excluding carboxylic acids is 3. The molecule has 3 N–H and O–H groups in total. The van der Waals surface area contributed by atoms with E-state index in [9.17, 15) is 14.4 Å². The van der Waals surface area contributed by atoms with Gasteiger partial charge in [-0.3, -0.25) is 24.4 Å². The zero-order valence-corrected chi connectivity index (χ0v) is 22.9. The van der Waals surface area contributed by atoms with Crippen molar-refractivity contribution in [2.75, 3.05) is 13.2 Å². The lowest BCUT2D eigenvalue weighted by Crippen LogP contribution is -2.61. The molecule has 1 saturated heterocycles. The Morgan fingerprint density at radius 2 is 1.74 bits per heavy atom. The molecule has 0 radical (unpaired) electrons. The van der Waals surface area contributed by atoms with Crippen LogP contribution in [0, 0.1) is 11.8 Å². The van der Waals surface area contributed by atoms with E-state index < -0.39 is 18.2 Å². The Balaban J connectivity index is 1.64. The zero-order valence-electron chi connectivity index (χ0n) is 22.9. The predicted molar refractivity (Wildman–Crippen MR) is 147 cm³/mol. The zero-order chi connectivity index (χ0) is 27.4. The van der Waals surface area contributed by atoms with Crippen molar-refractivity contribution in [3.63, 3.8) is 0 Å². The molecule has 2 aliphatic heterocycles. The van der Waals surface area contributed by atoms with Gasteiger partial charge in [-0.05, 0) is 56.2 Å². The first kappa shape index (κ1) is 27.7. The molecule has 1 aromatic heterocycles. The second-order valence-corrected chi connectivity index (χ2v) is 10.8. The monoisotopic (exact) mass is 521 g/mol. The Hall–Kier alpha value is -3.30. The van der Waals surface area contributed by atoms with E-state index in [1.165, 1.54) is 5.01 Å². The number of ether oxygens (including phenoxy) is 1. The fourth-order valence-corrected chi connectivity index (χ4v) is 4.77. The average Bonchev–Trinajstić information content (AvgIpc) is 2.90. The summed E-state index contributed by atoms with van der Waals surface area (Å²) in [4.78, 5) is 44.1. The van der Waals surface area contributed by atoms with Crippen molar-refractivity contribution >= 4 is 34.7 Å². The Morgan fingerprint density at radius 1 is 1.00 bits per heavy atom. The van der Waals surface area contributed by atoms with Gasteiger partial charge in [0.2, 0.25) is 11.8 Å². The fraction of sp³-hybridized carbons (Fsp3) is 0.517. The Kier molecular flexibility index (Phi) is 8.79. The molecule has 0 spiro atoms.